The first kappa shape index (κ1) is 23.1. The number of aliphatic imine (C=N–C) groups is 1. The third-order valence-electron chi connectivity index (χ3n) is 5.96. The van der Waals surface area contributed by atoms with Crippen LogP contribution in [-0.2, 0) is 14.9 Å². The van der Waals surface area contributed by atoms with Gasteiger partial charge >= 0.3 is 0 Å². The minimum Gasteiger partial charge on any atom is -0.384 e. The molecule has 1 aliphatic rings. The van der Waals surface area contributed by atoms with E-state index in [1.807, 2.05) is 49.4 Å². The highest BCUT2D eigenvalue weighted by molar-refractivity contribution is 6.10. The van der Waals surface area contributed by atoms with Crippen LogP contribution in [0.15, 0.2) is 82.8 Å². The van der Waals surface area contributed by atoms with E-state index in [0.717, 1.165) is 22.3 Å². The van der Waals surface area contributed by atoms with Crippen molar-refractivity contribution in [2.75, 3.05) is 18.5 Å². The number of allylic oxidation sites excluding steroid dienone is 2. The van der Waals surface area contributed by atoms with Gasteiger partial charge in [0.15, 0.2) is 0 Å². The van der Waals surface area contributed by atoms with Gasteiger partial charge in [-0.15, -0.1) is 0 Å². The molecule has 0 bridgehead atoms. The molecule has 1 amide bonds. The molecule has 3 N–H and O–H groups in total. The van der Waals surface area contributed by atoms with Crippen LogP contribution in [0.5, 0.6) is 0 Å². The summed E-state index contributed by atoms with van der Waals surface area (Å²) in [5.74, 6) is 0.398. The van der Waals surface area contributed by atoms with E-state index in [-0.39, 0.29) is 11.7 Å². The van der Waals surface area contributed by atoms with Crippen molar-refractivity contribution in [3.8, 4) is 11.3 Å². The second kappa shape index (κ2) is 10.3. The molecule has 2 aromatic heterocycles. The number of nitrogens with zero attached hydrogens (tertiary/aromatic N) is 3. The average Bonchev–Trinajstić information content (AvgIpc) is 3.34. The Hall–Kier alpha value is -4.04. The summed E-state index contributed by atoms with van der Waals surface area (Å²) in [5.41, 5.74) is 9.10. The summed E-state index contributed by atoms with van der Waals surface area (Å²) >= 11 is 0. The van der Waals surface area contributed by atoms with Crippen LogP contribution < -0.4 is 11.1 Å². The topological polar surface area (TPSA) is 116 Å². The average molecular weight is 458 g/mol. The molecule has 3 heterocycles. The molecule has 0 aliphatic carbocycles. The standard InChI is InChI=1S/C26H27N5O3/c1-3-19(17-29-18(2)27)20-4-6-22(7-5-20)26(10-14-33-15-11-26)25(32)30-24-16-23(31-34-24)21-8-12-28-13-9-21/h3-9,12-13,16-17H,2,10-11,14-15,27H2,1H3,(H,30,32)/b19-3+,29-17-. The van der Waals surface area contributed by atoms with Gasteiger partial charge in [-0.1, -0.05) is 42.1 Å². The molecule has 0 atom stereocenters. The van der Waals surface area contributed by atoms with E-state index in [1.165, 1.54) is 0 Å². The number of carbonyl (C=O) groups excluding carboxylic acids is 1. The second-order valence-corrected chi connectivity index (χ2v) is 8.03. The predicted molar refractivity (Wildman–Crippen MR) is 132 cm³/mol. The quantitative estimate of drug-likeness (QED) is 0.510. The van der Waals surface area contributed by atoms with E-state index in [4.69, 9.17) is 15.0 Å². The third-order valence-corrected chi connectivity index (χ3v) is 5.96. The summed E-state index contributed by atoms with van der Waals surface area (Å²) in [6.07, 6.45) is 8.12. The Morgan fingerprint density at radius 2 is 1.88 bits per heavy atom. The number of nitrogens with one attached hydrogen (secondary N) is 1. The van der Waals surface area contributed by atoms with Gasteiger partial charge in [-0.3, -0.25) is 15.1 Å². The highest BCUT2D eigenvalue weighted by Gasteiger charge is 2.42. The van der Waals surface area contributed by atoms with Crippen molar-refractivity contribution in [3.63, 3.8) is 0 Å². The number of pyridine rings is 1. The molecule has 8 nitrogen and oxygen atoms in total. The number of aromatic nitrogens is 2. The zero-order chi connectivity index (χ0) is 24.0. The Kier molecular flexibility index (Phi) is 6.98. The molecule has 3 aromatic rings. The summed E-state index contributed by atoms with van der Waals surface area (Å²) in [7, 11) is 0. The van der Waals surface area contributed by atoms with Crippen LogP contribution >= 0.6 is 0 Å². The van der Waals surface area contributed by atoms with Crippen LogP contribution in [-0.4, -0.2) is 35.5 Å². The van der Waals surface area contributed by atoms with Crippen molar-refractivity contribution in [1.29, 1.82) is 0 Å². The van der Waals surface area contributed by atoms with E-state index in [1.54, 1.807) is 24.7 Å². The first-order valence-electron chi connectivity index (χ1n) is 11.0. The van der Waals surface area contributed by atoms with Gasteiger partial charge < -0.3 is 15.0 Å². The maximum absolute atomic E-state index is 13.6. The number of benzene rings is 1. The zero-order valence-electron chi connectivity index (χ0n) is 19.0. The van der Waals surface area contributed by atoms with Crippen LogP contribution in [0.3, 0.4) is 0 Å². The van der Waals surface area contributed by atoms with Crippen LogP contribution in [0.1, 0.15) is 30.9 Å². The number of anilines is 1. The number of carbonyl (C=O) groups is 1. The van der Waals surface area contributed by atoms with E-state index >= 15 is 0 Å². The van der Waals surface area contributed by atoms with Gasteiger partial charge in [0.25, 0.3) is 0 Å². The van der Waals surface area contributed by atoms with Gasteiger partial charge in [0.05, 0.1) is 5.41 Å². The first-order valence-corrected chi connectivity index (χ1v) is 11.0. The van der Waals surface area contributed by atoms with Gasteiger partial charge in [0.1, 0.15) is 11.5 Å². The zero-order valence-corrected chi connectivity index (χ0v) is 19.0. The van der Waals surface area contributed by atoms with Crippen molar-refractivity contribution in [1.82, 2.24) is 10.1 Å². The maximum Gasteiger partial charge on any atom is 0.237 e. The predicted octanol–water partition coefficient (Wildman–Crippen LogP) is 4.33. The number of hydrogen-bond acceptors (Lipinski definition) is 7. The van der Waals surface area contributed by atoms with Gasteiger partial charge in [-0.2, -0.15) is 0 Å². The second-order valence-electron chi connectivity index (χ2n) is 8.03. The Morgan fingerprint density at radius 3 is 2.53 bits per heavy atom. The van der Waals surface area contributed by atoms with Crippen LogP contribution in [0.25, 0.3) is 16.8 Å². The highest BCUT2D eigenvalue weighted by atomic mass is 16.5. The molecule has 1 aliphatic heterocycles. The summed E-state index contributed by atoms with van der Waals surface area (Å²) in [5, 5.41) is 7.00. The van der Waals surface area contributed by atoms with E-state index in [9.17, 15) is 4.79 Å². The monoisotopic (exact) mass is 457 g/mol. The van der Waals surface area contributed by atoms with Crippen molar-refractivity contribution in [2.45, 2.75) is 25.2 Å². The van der Waals surface area contributed by atoms with Crippen molar-refractivity contribution < 1.29 is 14.1 Å². The van der Waals surface area contributed by atoms with Crippen LogP contribution in [0.2, 0.25) is 0 Å². The lowest BCUT2D eigenvalue weighted by atomic mass is 9.73. The van der Waals surface area contributed by atoms with E-state index in [0.29, 0.717) is 37.6 Å². The lowest BCUT2D eigenvalue weighted by Gasteiger charge is -2.36. The summed E-state index contributed by atoms with van der Waals surface area (Å²) in [6.45, 7) is 6.52. The fourth-order valence-corrected chi connectivity index (χ4v) is 4.04. The van der Waals surface area contributed by atoms with E-state index in [2.05, 4.69) is 27.0 Å². The number of ether oxygens (including phenoxy) is 1. The summed E-state index contributed by atoms with van der Waals surface area (Å²) < 4.78 is 11.0. The van der Waals surface area contributed by atoms with Crippen LogP contribution in [0.4, 0.5) is 5.88 Å². The SMILES string of the molecule is C=C(N)/N=C\C(=C/C)c1ccc(C2(C(=O)Nc3cc(-c4ccncc4)no3)CCOCC2)cc1. The lowest BCUT2D eigenvalue weighted by molar-refractivity contribution is -0.125. The number of rotatable bonds is 7. The van der Waals surface area contributed by atoms with Gasteiger partial charge in [-0.05, 0) is 48.6 Å². The molecule has 0 saturated carbocycles. The molecule has 1 saturated heterocycles. The largest absolute Gasteiger partial charge is 0.384 e. The smallest absolute Gasteiger partial charge is 0.237 e. The van der Waals surface area contributed by atoms with Gasteiger partial charge in [0.2, 0.25) is 11.8 Å². The molecular weight excluding hydrogens is 430 g/mol. The number of hydrogen-bond donors (Lipinski definition) is 2. The van der Waals surface area contributed by atoms with Crippen molar-refractivity contribution in [2.24, 2.45) is 10.7 Å². The van der Waals surface area contributed by atoms with Gasteiger partial charge in [0, 0.05) is 43.5 Å². The van der Waals surface area contributed by atoms with Crippen molar-refractivity contribution in [3.05, 3.63) is 84.5 Å². The Morgan fingerprint density at radius 1 is 1.18 bits per heavy atom. The number of nitrogens with two attached hydrogens (primary N) is 1. The molecule has 0 radical (unpaired) electrons. The minimum atomic E-state index is -0.740. The normalized spacial score (nSPS) is 15.9. The molecule has 174 valence electrons. The fourth-order valence-electron chi connectivity index (χ4n) is 4.04. The van der Waals surface area contributed by atoms with Crippen molar-refractivity contribution >= 4 is 23.6 Å². The maximum atomic E-state index is 13.6. The Labute approximate surface area is 198 Å². The van der Waals surface area contributed by atoms with E-state index < -0.39 is 5.41 Å². The summed E-state index contributed by atoms with van der Waals surface area (Å²) in [4.78, 5) is 21.7. The molecule has 34 heavy (non-hydrogen) atoms. The first-order chi connectivity index (χ1) is 16.5. The fraction of sp³-hybridized carbons (Fsp3) is 0.231. The molecule has 1 aromatic carbocycles. The molecule has 8 heteroatoms. The Balaban J connectivity index is 1.58. The minimum absolute atomic E-state index is 0.145. The highest BCUT2D eigenvalue weighted by Crippen LogP contribution is 2.37. The number of amides is 1. The Bertz CT molecular complexity index is 1210. The molecular formula is C26H27N5O3. The van der Waals surface area contributed by atoms with Gasteiger partial charge in [-0.25, -0.2) is 4.99 Å². The molecule has 1 fully saturated rings. The molecule has 0 unspecified atom stereocenters. The molecule has 0 spiro atoms. The third kappa shape index (κ3) is 4.97. The lowest BCUT2D eigenvalue weighted by Crippen LogP contribution is -2.44. The molecule has 4 rings (SSSR count). The summed E-state index contributed by atoms with van der Waals surface area (Å²) in [6, 6.07) is 13.3. The van der Waals surface area contributed by atoms with Crippen LogP contribution in [0, 0.1) is 0 Å².